The summed E-state index contributed by atoms with van der Waals surface area (Å²) in [6.45, 7) is 13.7. The predicted molar refractivity (Wildman–Crippen MR) is 175 cm³/mol. The van der Waals surface area contributed by atoms with E-state index in [1.165, 1.54) is 18.5 Å². The van der Waals surface area contributed by atoms with Crippen molar-refractivity contribution in [2.24, 2.45) is 0 Å². The molecule has 0 saturated carbocycles. The third-order valence-electron chi connectivity index (χ3n) is 7.36. The van der Waals surface area contributed by atoms with Crippen molar-refractivity contribution < 1.29 is 42.4 Å². The summed E-state index contributed by atoms with van der Waals surface area (Å²) in [7, 11) is 0. The number of hydrogen-bond acceptors (Lipinski definition) is 11. The Hall–Kier alpha value is -3.92. The highest BCUT2D eigenvalue weighted by Crippen LogP contribution is 2.44. The minimum absolute atomic E-state index is 0.0206. The third kappa shape index (κ3) is 6.95. The predicted octanol–water partition coefficient (Wildman–Crippen LogP) is 7.05. The van der Waals surface area contributed by atoms with Crippen LogP contribution in [0.15, 0.2) is 47.5 Å². The molecule has 0 aliphatic carbocycles. The Kier molecular flexibility index (Phi) is 8.63. The van der Waals surface area contributed by atoms with Crippen molar-refractivity contribution in [2.75, 3.05) is 11.5 Å². The molecule has 0 spiro atoms. The van der Waals surface area contributed by atoms with E-state index in [0.29, 0.717) is 21.9 Å². The molecule has 256 valence electrons. The number of carbonyl (C=O) groups excluding carboxylic acids is 2. The first-order valence-electron chi connectivity index (χ1n) is 15.4. The number of hydrogen-bond donors (Lipinski definition) is 0. The fourth-order valence-corrected chi connectivity index (χ4v) is 5.95. The van der Waals surface area contributed by atoms with Gasteiger partial charge in [0.15, 0.2) is 29.4 Å². The number of fused-ring (bicyclic) bond motifs is 3. The SMILES string of the molecule is CC(C)(C)OC(=O)N(C(=O)OC(C)(C)C)c1ncnc2c1ccn2[C@@H]1O[C@H](COc2cc3ncc(Br)cc3cc2F)[C@H]2OC(C)(C)O[C@H]21. The summed E-state index contributed by atoms with van der Waals surface area (Å²) in [5.74, 6) is -1.51. The average molecular weight is 731 g/mol. The van der Waals surface area contributed by atoms with Gasteiger partial charge in [0.2, 0.25) is 0 Å². The molecule has 4 atom stereocenters. The van der Waals surface area contributed by atoms with Crippen LogP contribution in [0, 0.1) is 5.82 Å². The molecule has 2 saturated heterocycles. The Labute approximate surface area is 284 Å². The van der Waals surface area contributed by atoms with E-state index in [2.05, 4.69) is 30.9 Å². The van der Waals surface area contributed by atoms with Crippen molar-refractivity contribution >= 4 is 55.9 Å². The molecule has 4 aromatic rings. The molecule has 2 fully saturated rings. The molecule has 13 nitrogen and oxygen atoms in total. The summed E-state index contributed by atoms with van der Waals surface area (Å²) < 4.78 is 53.5. The van der Waals surface area contributed by atoms with Crippen molar-refractivity contribution in [3.05, 3.63) is 53.3 Å². The number of benzene rings is 1. The maximum Gasteiger partial charge on any atom is 0.425 e. The van der Waals surface area contributed by atoms with E-state index in [0.717, 1.165) is 9.37 Å². The van der Waals surface area contributed by atoms with Crippen molar-refractivity contribution in [1.82, 2.24) is 19.5 Å². The molecule has 15 heteroatoms. The van der Waals surface area contributed by atoms with Crippen molar-refractivity contribution in [2.45, 2.75) is 96.9 Å². The summed E-state index contributed by atoms with van der Waals surface area (Å²) in [5.41, 5.74) is -0.904. The van der Waals surface area contributed by atoms with Crippen LogP contribution in [0.2, 0.25) is 0 Å². The second kappa shape index (κ2) is 12.2. The van der Waals surface area contributed by atoms with Gasteiger partial charge in [-0.3, -0.25) is 4.98 Å². The van der Waals surface area contributed by atoms with Gasteiger partial charge in [0.1, 0.15) is 48.1 Å². The molecule has 0 N–H and O–H groups in total. The van der Waals surface area contributed by atoms with Crippen molar-refractivity contribution in [1.29, 1.82) is 0 Å². The minimum atomic E-state index is -0.961. The summed E-state index contributed by atoms with van der Waals surface area (Å²) in [4.78, 5) is 40.6. The van der Waals surface area contributed by atoms with Gasteiger partial charge in [-0.1, -0.05) is 0 Å². The zero-order valence-corrected chi connectivity index (χ0v) is 29.4. The highest BCUT2D eigenvalue weighted by atomic mass is 79.9. The number of imide groups is 1. The smallest absolute Gasteiger partial charge is 0.425 e. The van der Waals surface area contributed by atoms with E-state index >= 15 is 4.39 Å². The Bertz CT molecular complexity index is 1860. The van der Waals surface area contributed by atoms with Gasteiger partial charge in [-0.25, -0.2) is 23.9 Å². The number of amides is 2. The van der Waals surface area contributed by atoms with Gasteiger partial charge < -0.3 is 33.0 Å². The van der Waals surface area contributed by atoms with Gasteiger partial charge in [-0.15, -0.1) is 0 Å². The Balaban J connectivity index is 1.31. The molecule has 5 heterocycles. The lowest BCUT2D eigenvalue weighted by molar-refractivity contribution is -0.198. The molecule has 1 aromatic carbocycles. The Morgan fingerprint density at radius 1 is 1.00 bits per heavy atom. The van der Waals surface area contributed by atoms with Crippen molar-refractivity contribution in [3.63, 3.8) is 0 Å². The third-order valence-corrected chi connectivity index (χ3v) is 7.79. The zero-order valence-electron chi connectivity index (χ0n) is 27.8. The molecule has 0 unspecified atom stereocenters. The molecule has 2 aliphatic heterocycles. The van der Waals surface area contributed by atoms with E-state index in [1.807, 2.05) is 0 Å². The van der Waals surface area contributed by atoms with E-state index in [1.54, 1.807) is 84.5 Å². The number of pyridine rings is 1. The Morgan fingerprint density at radius 2 is 1.67 bits per heavy atom. The first-order chi connectivity index (χ1) is 22.4. The maximum absolute atomic E-state index is 15.0. The first-order valence-corrected chi connectivity index (χ1v) is 16.1. The van der Waals surface area contributed by atoms with Crippen LogP contribution in [0.1, 0.15) is 61.6 Å². The molecule has 48 heavy (non-hydrogen) atoms. The highest BCUT2D eigenvalue weighted by Gasteiger charge is 2.56. The van der Waals surface area contributed by atoms with Crippen LogP contribution in [-0.4, -0.2) is 73.6 Å². The fraction of sp³-hybridized carbons (Fsp3) is 0.485. The number of aromatic nitrogens is 4. The summed E-state index contributed by atoms with van der Waals surface area (Å²) in [6, 6.07) is 6.33. The summed E-state index contributed by atoms with van der Waals surface area (Å²) in [6.07, 6.45) is -0.0184. The van der Waals surface area contributed by atoms with Gasteiger partial charge in [0.05, 0.1) is 10.9 Å². The Morgan fingerprint density at radius 3 is 2.33 bits per heavy atom. The molecule has 2 amide bonds. The quantitative estimate of drug-likeness (QED) is 0.209. The number of ether oxygens (including phenoxy) is 6. The second-order valence-electron chi connectivity index (χ2n) is 14.0. The number of rotatable bonds is 5. The van der Waals surface area contributed by atoms with E-state index in [4.69, 9.17) is 28.4 Å². The molecule has 6 rings (SSSR count). The van der Waals surface area contributed by atoms with Gasteiger partial charge in [-0.2, -0.15) is 4.90 Å². The summed E-state index contributed by atoms with van der Waals surface area (Å²) in [5, 5.41) is 0.975. The van der Waals surface area contributed by atoms with Crippen molar-refractivity contribution in [3.8, 4) is 5.75 Å². The molecule has 0 bridgehead atoms. The van der Waals surface area contributed by atoms with Gasteiger partial charge >= 0.3 is 12.2 Å². The minimum Gasteiger partial charge on any atom is -0.488 e. The zero-order chi connectivity index (χ0) is 34.8. The van der Waals surface area contributed by atoms with Crippen LogP contribution >= 0.6 is 15.9 Å². The molecule has 0 radical (unpaired) electrons. The summed E-state index contributed by atoms with van der Waals surface area (Å²) >= 11 is 3.36. The molecule has 2 aliphatic rings. The molecule has 3 aromatic heterocycles. The van der Waals surface area contributed by atoms with E-state index < -0.39 is 59.5 Å². The topological polar surface area (TPSA) is 136 Å². The highest BCUT2D eigenvalue weighted by molar-refractivity contribution is 9.10. The van der Waals surface area contributed by atoms with Gasteiger partial charge in [0, 0.05) is 28.3 Å². The van der Waals surface area contributed by atoms with Crippen LogP contribution < -0.4 is 9.64 Å². The maximum atomic E-state index is 15.0. The van der Waals surface area contributed by atoms with E-state index in [-0.39, 0.29) is 18.2 Å². The number of nitrogens with zero attached hydrogens (tertiary/aromatic N) is 5. The lowest BCUT2D eigenvalue weighted by atomic mass is 10.1. The fourth-order valence-electron chi connectivity index (χ4n) is 5.61. The van der Waals surface area contributed by atoms with Crippen LogP contribution in [-0.2, 0) is 23.7 Å². The van der Waals surface area contributed by atoms with Crippen LogP contribution in [0.5, 0.6) is 5.75 Å². The lowest BCUT2D eigenvalue weighted by Crippen LogP contribution is -2.44. The van der Waals surface area contributed by atoms with Gasteiger partial charge in [0.25, 0.3) is 0 Å². The largest absolute Gasteiger partial charge is 0.488 e. The average Bonchev–Trinajstić information content (AvgIpc) is 3.61. The number of anilines is 1. The number of carbonyl (C=O) groups is 2. The van der Waals surface area contributed by atoms with E-state index in [9.17, 15) is 9.59 Å². The lowest BCUT2D eigenvalue weighted by Gasteiger charge is -2.28. The normalized spacial score (nSPS) is 22.1. The van der Waals surface area contributed by atoms with Crippen LogP contribution in [0.25, 0.3) is 21.9 Å². The molecular formula is C33H37BrFN5O8. The first kappa shape index (κ1) is 34.0. The number of halogens is 2. The van der Waals surface area contributed by atoms with Crippen LogP contribution in [0.4, 0.5) is 19.8 Å². The van der Waals surface area contributed by atoms with Crippen LogP contribution in [0.3, 0.4) is 0 Å². The molecular weight excluding hydrogens is 693 g/mol. The second-order valence-corrected chi connectivity index (χ2v) is 14.9. The van der Waals surface area contributed by atoms with Gasteiger partial charge in [-0.05, 0) is 89.5 Å². The standard InChI is InChI=1S/C33H37BrFN5O8/c1-31(2,3)47-29(41)40(30(42)48-32(4,5)6)27-19-9-10-39(26(19)37-16-38-27)28-25-24(45-33(7,8)46-25)23(44-28)15-43-22-13-21-17(12-20(22)35)11-18(34)14-36-21/h9-14,16,23-25,28H,15H2,1-8H3/t23-,24-,25-,28-/m1/s1. The monoisotopic (exact) mass is 729 g/mol.